The molecular formula is C22H25Cl2N3O3. The van der Waals surface area contributed by atoms with Gasteiger partial charge in [0.15, 0.2) is 0 Å². The Kier molecular flexibility index (Phi) is 8.37. The molecule has 6 nitrogen and oxygen atoms in total. The molecule has 1 aliphatic rings. The van der Waals surface area contributed by atoms with Crippen LogP contribution in [-0.2, 0) is 11.3 Å². The van der Waals surface area contributed by atoms with E-state index in [0.717, 1.165) is 25.2 Å². The van der Waals surface area contributed by atoms with Crippen LogP contribution in [0.3, 0.4) is 0 Å². The van der Waals surface area contributed by atoms with Crippen LogP contribution in [0.1, 0.15) is 41.6 Å². The first-order valence-electron chi connectivity index (χ1n) is 9.99. The van der Waals surface area contributed by atoms with Crippen molar-refractivity contribution in [3.05, 3.63) is 63.6 Å². The van der Waals surface area contributed by atoms with Crippen molar-refractivity contribution >= 4 is 35.0 Å². The number of nitrogens with one attached hydrogen (secondary N) is 2. The number of likely N-dealkylation sites (tertiary alicyclic amines) is 1. The lowest BCUT2D eigenvalue weighted by molar-refractivity contribution is -0.122. The summed E-state index contributed by atoms with van der Waals surface area (Å²) in [4.78, 5) is 26.7. The maximum atomic E-state index is 12.3. The molecule has 1 aliphatic heterocycles. The summed E-state index contributed by atoms with van der Waals surface area (Å²) in [7, 11) is 0. The molecule has 0 bridgehead atoms. The minimum Gasteiger partial charge on any atom is -0.492 e. The molecule has 2 amide bonds. The van der Waals surface area contributed by atoms with Gasteiger partial charge in [-0.25, -0.2) is 0 Å². The number of rotatable bonds is 8. The van der Waals surface area contributed by atoms with Gasteiger partial charge in [-0.3, -0.25) is 25.3 Å². The van der Waals surface area contributed by atoms with Crippen LogP contribution in [0, 0.1) is 0 Å². The standard InChI is InChI=1S/C22H25Cl2N3O3/c23-18-8-9-20(19(24)14-18)30-12-4-7-21(28)25-26-22(29)17-6-3-5-16(13-17)15-27-10-1-2-11-27/h3,5-6,8-9,13-14H,1-2,4,7,10-12,15H2,(H,25,28)(H,26,29). The molecule has 1 heterocycles. The Morgan fingerprint density at radius 1 is 1.03 bits per heavy atom. The molecule has 8 heteroatoms. The third-order valence-corrected chi connectivity index (χ3v) is 5.34. The summed E-state index contributed by atoms with van der Waals surface area (Å²) >= 11 is 11.9. The van der Waals surface area contributed by atoms with Crippen molar-refractivity contribution in [3.8, 4) is 5.75 Å². The number of hydrazine groups is 1. The summed E-state index contributed by atoms with van der Waals surface area (Å²) in [6.45, 7) is 3.35. The second kappa shape index (κ2) is 11.2. The van der Waals surface area contributed by atoms with Gasteiger partial charge in [-0.2, -0.15) is 0 Å². The molecule has 0 aromatic heterocycles. The lowest BCUT2D eigenvalue weighted by Gasteiger charge is -2.15. The van der Waals surface area contributed by atoms with Crippen LogP contribution < -0.4 is 15.6 Å². The lowest BCUT2D eigenvalue weighted by atomic mass is 10.1. The first-order chi connectivity index (χ1) is 14.5. The van der Waals surface area contributed by atoms with Gasteiger partial charge in [0.1, 0.15) is 5.75 Å². The summed E-state index contributed by atoms with van der Waals surface area (Å²) in [5, 5.41) is 0.954. The van der Waals surface area contributed by atoms with E-state index >= 15 is 0 Å². The molecule has 0 unspecified atom stereocenters. The Morgan fingerprint density at radius 2 is 1.83 bits per heavy atom. The van der Waals surface area contributed by atoms with Gasteiger partial charge in [-0.05, 0) is 68.2 Å². The highest BCUT2D eigenvalue weighted by atomic mass is 35.5. The molecule has 3 rings (SSSR count). The molecule has 0 radical (unpaired) electrons. The quantitative estimate of drug-likeness (QED) is 0.467. The minimum absolute atomic E-state index is 0.209. The van der Waals surface area contributed by atoms with E-state index in [-0.39, 0.29) is 18.2 Å². The van der Waals surface area contributed by atoms with Crippen LogP contribution in [0.2, 0.25) is 10.0 Å². The number of carbonyl (C=O) groups excluding carboxylic acids is 2. The third kappa shape index (κ3) is 6.90. The Bertz CT molecular complexity index is 886. The maximum Gasteiger partial charge on any atom is 0.269 e. The fraction of sp³-hybridized carbons (Fsp3) is 0.364. The van der Waals surface area contributed by atoms with Gasteiger partial charge in [0.05, 0.1) is 11.6 Å². The van der Waals surface area contributed by atoms with Crippen molar-refractivity contribution in [3.63, 3.8) is 0 Å². The molecule has 0 atom stereocenters. The van der Waals surface area contributed by atoms with E-state index in [2.05, 4.69) is 15.8 Å². The Morgan fingerprint density at radius 3 is 2.60 bits per heavy atom. The minimum atomic E-state index is -0.337. The molecule has 0 aliphatic carbocycles. The zero-order valence-electron chi connectivity index (χ0n) is 16.6. The van der Waals surface area contributed by atoms with E-state index in [9.17, 15) is 9.59 Å². The molecule has 0 saturated carbocycles. The number of amides is 2. The lowest BCUT2D eigenvalue weighted by Crippen LogP contribution is -2.41. The Balaban J connectivity index is 1.37. The highest BCUT2D eigenvalue weighted by Gasteiger charge is 2.13. The zero-order chi connectivity index (χ0) is 21.3. The predicted octanol–water partition coefficient (Wildman–Crippen LogP) is 4.21. The summed E-state index contributed by atoms with van der Waals surface area (Å²) in [6, 6.07) is 12.4. The summed E-state index contributed by atoms with van der Waals surface area (Å²) in [5.41, 5.74) is 6.52. The molecule has 1 fully saturated rings. The molecule has 160 valence electrons. The summed E-state index contributed by atoms with van der Waals surface area (Å²) < 4.78 is 5.54. The summed E-state index contributed by atoms with van der Waals surface area (Å²) in [6.07, 6.45) is 3.14. The third-order valence-electron chi connectivity index (χ3n) is 4.81. The molecule has 1 saturated heterocycles. The van der Waals surface area contributed by atoms with Gasteiger partial charge < -0.3 is 4.74 Å². The second-order valence-corrected chi connectivity index (χ2v) is 8.06. The Hall–Kier alpha value is -2.28. The van der Waals surface area contributed by atoms with Crippen molar-refractivity contribution in [1.82, 2.24) is 15.8 Å². The smallest absolute Gasteiger partial charge is 0.269 e. The van der Waals surface area contributed by atoms with Crippen LogP contribution in [0.4, 0.5) is 0 Å². The highest BCUT2D eigenvalue weighted by Crippen LogP contribution is 2.27. The summed E-state index contributed by atoms with van der Waals surface area (Å²) in [5.74, 6) is -0.109. The van der Waals surface area contributed by atoms with Gasteiger partial charge in [-0.15, -0.1) is 0 Å². The van der Waals surface area contributed by atoms with Crippen LogP contribution >= 0.6 is 23.2 Å². The number of benzene rings is 2. The van der Waals surface area contributed by atoms with E-state index in [1.54, 1.807) is 24.3 Å². The zero-order valence-corrected chi connectivity index (χ0v) is 18.1. The van der Waals surface area contributed by atoms with E-state index in [4.69, 9.17) is 27.9 Å². The maximum absolute atomic E-state index is 12.3. The van der Waals surface area contributed by atoms with Gasteiger partial charge >= 0.3 is 0 Å². The molecular weight excluding hydrogens is 425 g/mol. The number of halogens is 2. The number of ether oxygens (including phenoxy) is 1. The molecule has 2 aromatic rings. The number of nitrogens with zero attached hydrogens (tertiary/aromatic N) is 1. The number of carbonyl (C=O) groups is 2. The van der Waals surface area contributed by atoms with Crippen LogP contribution in [0.25, 0.3) is 0 Å². The van der Waals surface area contributed by atoms with Crippen molar-refractivity contribution < 1.29 is 14.3 Å². The van der Waals surface area contributed by atoms with Crippen molar-refractivity contribution in [2.75, 3.05) is 19.7 Å². The van der Waals surface area contributed by atoms with Crippen molar-refractivity contribution in [2.24, 2.45) is 0 Å². The van der Waals surface area contributed by atoms with Crippen molar-refractivity contribution in [1.29, 1.82) is 0 Å². The second-order valence-electron chi connectivity index (χ2n) is 7.21. The van der Waals surface area contributed by atoms with Crippen LogP contribution in [-0.4, -0.2) is 36.4 Å². The van der Waals surface area contributed by atoms with Gasteiger partial charge in [-0.1, -0.05) is 35.3 Å². The number of hydrogen-bond donors (Lipinski definition) is 2. The van der Waals surface area contributed by atoms with E-state index < -0.39 is 0 Å². The highest BCUT2D eigenvalue weighted by molar-refractivity contribution is 6.35. The fourth-order valence-corrected chi connectivity index (χ4v) is 3.74. The first kappa shape index (κ1) is 22.4. The van der Waals surface area contributed by atoms with Crippen LogP contribution in [0.15, 0.2) is 42.5 Å². The largest absolute Gasteiger partial charge is 0.492 e. The van der Waals surface area contributed by atoms with E-state index in [1.165, 1.54) is 12.8 Å². The molecule has 0 spiro atoms. The average Bonchev–Trinajstić information content (AvgIpc) is 3.24. The van der Waals surface area contributed by atoms with E-state index in [1.807, 2.05) is 18.2 Å². The topological polar surface area (TPSA) is 70.7 Å². The Labute approximate surface area is 186 Å². The normalized spacial score (nSPS) is 13.8. The van der Waals surface area contributed by atoms with Gasteiger partial charge in [0.25, 0.3) is 5.91 Å². The molecule has 30 heavy (non-hydrogen) atoms. The van der Waals surface area contributed by atoms with Crippen molar-refractivity contribution in [2.45, 2.75) is 32.2 Å². The fourth-order valence-electron chi connectivity index (χ4n) is 3.28. The SMILES string of the molecule is O=C(CCCOc1ccc(Cl)cc1Cl)NNC(=O)c1cccc(CN2CCCC2)c1. The molecule has 2 aromatic carbocycles. The number of hydrogen-bond acceptors (Lipinski definition) is 4. The van der Waals surface area contributed by atoms with Crippen LogP contribution in [0.5, 0.6) is 5.75 Å². The van der Waals surface area contributed by atoms with E-state index in [0.29, 0.717) is 34.4 Å². The van der Waals surface area contributed by atoms with Gasteiger partial charge in [0, 0.05) is 23.6 Å². The van der Waals surface area contributed by atoms with Gasteiger partial charge in [0.2, 0.25) is 5.91 Å². The predicted molar refractivity (Wildman–Crippen MR) is 118 cm³/mol. The average molecular weight is 450 g/mol. The monoisotopic (exact) mass is 449 g/mol. The molecule has 2 N–H and O–H groups in total. The first-order valence-corrected chi connectivity index (χ1v) is 10.8.